The predicted octanol–water partition coefficient (Wildman–Crippen LogP) is 2.37. The van der Waals surface area contributed by atoms with Crippen molar-refractivity contribution >= 4 is 23.3 Å². The van der Waals surface area contributed by atoms with E-state index in [1.54, 1.807) is 56.5 Å². The molecule has 2 aromatic rings. The molecule has 0 spiro atoms. The highest BCUT2D eigenvalue weighted by molar-refractivity contribution is 6.05. The Kier molecular flexibility index (Phi) is 7.32. The summed E-state index contributed by atoms with van der Waals surface area (Å²) in [6, 6.07) is 10.9. The van der Waals surface area contributed by atoms with Crippen LogP contribution < -0.4 is 24.4 Å². The van der Waals surface area contributed by atoms with E-state index >= 15 is 0 Å². The lowest BCUT2D eigenvalue weighted by molar-refractivity contribution is -0.127. The van der Waals surface area contributed by atoms with Gasteiger partial charge >= 0.3 is 0 Å². The van der Waals surface area contributed by atoms with Crippen LogP contribution in [-0.2, 0) is 14.3 Å². The summed E-state index contributed by atoms with van der Waals surface area (Å²) in [6.07, 6.45) is 1.88. The Labute approximate surface area is 197 Å². The van der Waals surface area contributed by atoms with Gasteiger partial charge < -0.3 is 24.3 Å². The van der Waals surface area contributed by atoms with Gasteiger partial charge in [-0.1, -0.05) is 0 Å². The van der Waals surface area contributed by atoms with E-state index in [2.05, 4.69) is 5.32 Å². The van der Waals surface area contributed by atoms with Crippen molar-refractivity contribution in [1.82, 2.24) is 5.32 Å². The molecule has 1 fully saturated rings. The Balaban J connectivity index is 1.45. The molecule has 1 saturated heterocycles. The molecule has 0 bridgehead atoms. The molecule has 0 aliphatic carbocycles. The molecule has 0 radical (unpaired) electrons. The molecule has 0 aromatic heterocycles. The highest BCUT2D eigenvalue weighted by Gasteiger charge is 2.34. The first-order valence-electron chi connectivity index (χ1n) is 11.2. The maximum absolute atomic E-state index is 12.8. The second-order valence-corrected chi connectivity index (χ2v) is 8.18. The molecule has 2 atom stereocenters. The Morgan fingerprint density at radius 1 is 1.18 bits per heavy atom. The summed E-state index contributed by atoms with van der Waals surface area (Å²) in [5.74, 6) is 0.733. The number of ether oxygens (including phenoxy) is 4. The normalized spacial score (nSPS) is 18.0. The van der Waals surface area contributed by atoms with E-state index in [0.29, 0.717) is 41.7 Å². The number of ketones is 1. The summed E-state index contributed by atoms with van der Waals surface area (Å²) < 4.78 is 21.8. The number of Topliss-reactive ketones (excluding diaryl/α,β-unsaturated/α-hetero) is 1. The number of carbonyl (C=O) groups excluding carboxylic acids is 3. The van der Waals surface area contributed by atoms with E-state index in [0.717, 1.165) is 12.8 Å². The molecule has 34 heavy (non-hydrogen) atoms. The van der Waals surface area contributed by atoms with Gasteiger partial charge in [-0.25, -0.2) is 0 Å². The number of methoxy groups -OCH3 is 1. The van der Waals surface area contributed by atoms with Crippen molar-refractivity contribution in [2.75, 3.05) is 38.4 Å². The maximum Gasteiger partial charge on any atom is 0.265 e. The minimum Gasteiger partial charge on any atom is -0.497 e. The van der Waals surface area contributed by atoms with Gasteiger partial charge in [0.2, 0.25) is 5.91 Å². The SMILES string of the molecule is COc1ccc(OCC(=O)c2ccc3c(c2)N(C(C)C(=O)NCC2CCCO2)C(=O)CO3)cc1. The Bertz CT molecular complexity index is 1050. The number of rotatable bonds is 9. The van der Waals surface area contributed by atoms with Crippen LogP contribution in [0.4, 0.5) is 5.69 Å². The van der Waals surface area contributed by atoms with E-state index in [4.69, 9.17) is 18.9 Å². The van der Waals surface area contributed by atoms with Crippen LogP contribution in [0.1, 0.15) is 30.1 Å². The van der Waals surface area contributed by atoms with Crippen LogP contribution >= 0.6 is 0 Å². The highest BCUT2D eigenvalue weighted by atomic mass is 16.5. The summed E-state index contributed by atoms with van der Waals surface area (Å²) >= 11 is 0. The molecule has 0 saturated carbocycles. The number of benzene rings is 2. The second-order valence-electron chi connectivity index (χ2n) is 8.18. The van der Waals surface area contributed by atoms with E-state index < -0.39 is 6.04 Å². The van der Waals surface area contributed by atoms with Crippen LogP contribution in [-0.4, -0.2) is 63.2 Å². The second kappa shape index (κ2) is 10.6. The van der Waals surface area contributed by atoms with Crippen molar-refractivity contribution in [1.29, 1.82) is 0 Å². The molecule has 2 amide bonds. The summed E-state index contributed by atoms with van der Waals surface area (Å²) in [5, 5.41) is 2.86. The summed E-state index contributed by atoms with van der Waals surface area (Å²) in [7, 11) is 1.57. The minimum atomic E-state index is -0.780. The molecule has 2 heterocycles. The average molecular weight is 469 g/mol. The monoisotopic (exact) mass is 468 g/mol. The fourth-order valence-electron chi connectivity index (χ4n) is 3.96. The Morgan fingerprint density at radius 2 is 1.94 bits per heavy atom. The zero-order chi connectivity index (χ0) is 24.1. The molecule has 9 nitrogen and oxygen atoms in total. The lowest BCUT2D eigenvalue weighted by Gasteiger charge is -2.33. The number of fused-ring (bicyclic) bond motifs is 1. The number of amides is 2. The molecule has 2 aliphatic heterocycles. The molecule has 4 rings (SSSR count). The first-order valence-corrected chi connectivity index (χ1v) is 11.2. The van der Waals surface area contributed by atoms with Gasteiger partial charge in [0.15, 0.2) is 19.0 Å². The average Bonchev–Trinajstić information content (AvgIpc) is 3.39. The third-order valence-electron chi connectivity index (χ3n) is 5.88. The van der Waals surface area contributed by atoms with E-state index in [-0.39, 0.29) is 36.9 Å². The van der Waals surface area contributed by atoms with Crippen LogP contribution in [0.25, 0.3) is 0 Å². The van der Waals surface area contributed by atoms with Crippen molar-refractivity contribution < 1.29 is 33.3 Å². The van der Waals surface area contributed by atoms with Gasteiger partial charge in [0.25, 0.3) is 5.91 Å². The molecule has 1 N–H and O–H groups in total. The molecule has 2 aromatic carbocycles. The van der Waals surface area contributed by atoms with Crippen LogP contribution in [0.3, 0.4) is 0 Å². The molecular weight excluding hydrogens is 440 g/mol. The fourth-order valence-corrected chi connectivity index (χ4v) is 3.96. The lowest BCUT2D eigenvalue weighted by atomic mass is 10.1. The van der Waals surface area contributed by atoms with Crippen LogP contribution in [0.5, 0.6) is 17.2 Å². The first-order chi connectivity index (χ1) is 16.5. The quantitative estimate of drug-likeness (QED) is 0.564. The third-order valence-corrected chi connectivity index (χ3v) is 5.88. The summed E-state index contributed by atoms with van der Waals surface area (Å²) in [6.45, 7) is 2.39. The van der Waals surface area contributed by atoms with Gasteiger partial charge in [-0.15, -0.1) is 0 Å². The number of carbonyl (C=O) groups is 3. The Hall–Kier alpha value is -3.59. The van der Waals surface area contributed by atoms with Crippen molar-refractivity contribution in [2.24, 2.45) is 0 Å². The number of hydrogen-bond donors (Lipinski definition) is 1. The van der Waals surface area contributed by atoms with E-state index in [9.17, 15) is 14.4 Å². The smallest absolute Gasteiger partial charge is 0.265 e. The van der Waals surface area contributed by atoms with Crippen molar-refractivity contribution in [2.45, 2.75) is 31.9 Å². The number of anilines is 1. The van der Waals surface area contributed by atoms with Gasteiger partial charge in [0.1, 0.15) is 23.3 Å². The largest absolute Gasteiger partial charge is 0.497 e. The molecule has 180 valence electrons. The third kappa shape index (κ3) is 5.31. The van der Waals surface area contributed by atoms with Gasteiger partial charge in [0.05, 0.1) is 18.9 Å². The van der Waals surface area contributed by atoms with Gasteiger partial charge in [-0.3, -0.25) is 19.3 Å². The number of hydrogen-bond acceptors (Lipinski definition) is 7. The summed E-state index contributed by atoms with van der Waals surface area (Å²) in [4.78, 5) is 39.6. The predicted molar refractivity (Wildman–Crippen MR) is 124 cm³/mol. The van der Waals surface area contributed by atoms with Crippen molar-refractivity contribution in [3.63, 3.8) is 0 Å². The molecule has 2 aliphatic rings. The van der Waals surface area contributed by atoms with Crippen LogP contribution in [0, 0.1) is 0 Å². The van der Waals surface area contributed by atoms with Crippen LogP contribution in [0.2, 0.25) is 0 Å². The highest BCUT2D eigenvalue weighted by Crippen LogP contribution is 2.34. The zero-order valence-electron chi connectivity index (χ0n) is 19.2. The first kappa shape index (κ1) is 23.6. The Morgan fingerprint density at radius 3 is 2.65 bits per heavy atom. The maximum atomic E-state index is 12.8. The van der Waals surface area contributed by atoms with Gasteiger partial charge in [-0.2, -0.15) is 0 Å². The zero-order valence-corrected chi connectivity index (χ0v) is 19.2. The van der Waals surface area contributed by atoms with E-state index in [1.807, 2.05) is 0 Å². The number of nitrogens with one attached hydrogen (secondary N) is 1. The van der Waals surface area contributed by atoms with Crippen molar-refractivity contribution in [3.8, 4) is 17.2 Å². The number of nitrogens with zero attached hydrogens (tertiary/aromatic N) is 1. The van der Waals surface area contributed by atoms with Gasteiger partial charge in [-0.05, 0) is 62.2 Å². The fraction of sp³-hybridized carbons (Fsp3) is 0.400. The lowest BCUT2D eigenvalue weighted by Crippen LogP contribution is -2.52. The topological polar surface area (TPSA) is 103 Å². The summed E-state index contributed by atoms with van der Waals surface area (Å²) in [5.41, 5.74) is 0.730. The van der Waals surface area contributed by atoms with Crippen molar-refractivity contribution in [3.05, 3.63) is 48.0 Å². The van der Waals surface area contributed by atoms with Gasteiger partial charge in [0, 0.05) is 18.7 Å². The molecular formula is C25H28N2O7. The standard InChI is InChI=1S/C25H28N2O7/c1-16(25(30)26-13-20-4-3-11-32-20)27-21-12-17(5-10-23(21)34-15-24(27)29)22(28)14-33-19-8-6-18(31-2)7-9-19/h5-10,12,16,20H,3-4,11,13-15H2,1-2H3,(H,26,30). The van der Waals surface area contributed by atoms with Crippen LogP contribution in [0.15, 0.2) is 42.5 Å². The van der Waals surface area contributed by atoms with E-state index in [1.165, 1.54) is 4.90 Å². The minimum absolute atomic E-state index is 0.00115. The molecule has 9 heteroatoms. The molecule has 2 unspecified atom stereocenters.